The van der Waals surface area contributed by atoms with Crippen LogP contribution in [-0.4, -0.2) is 18.8 Å². The second-order valence-corrected chi connectivity index (χ2v) is 5.13. The first-order valence-corrected chi connectivity index (χ1v) is 6.89. The van der Waals surface area contributed by atoms with E-state index in [1.165, 1.54) is 12.1 Å². The lowest BCUT2D eigenvalue weighted by Gasteiger charge is -2.20. The van der Waals surface area contributed by atoms with Crippen molar-refractivity contribution in [1.29, 1.82) is 0 Å². The van der Waals surface area contributed by atoms with Gasteiger partial charge in [0.15, 0.2) is 0 Å². The Hall–Kier alpha value is -1.59. The van der Waals surface area contributed by atoms with Crippen LogP contribution >= 0.6 is 15.9 Å². The predicted molar refractivity (Wildman–Crippen MR) is 80.5 cm³/mol. The van der Waals surface area contributed by atoms with Gasteiger partial charge in [-0.05, 0) is 35.9 Å². The second kappa shape index (κ2) is 6.72. The van der Waals surface area contributed by atoms with Gasteiger partial charge in [0.2, 0.25) is 0 Å². The highest BCUT2D eigenvalue weighted by Gasteiger charge is 2.14. The molecule has 0 heterocycles. The fourth-order valence-electron chi connectivity index (χ4n) is 1.92. The summed E-state index contributed by atoms with van der Waals surface area (Å²) in [6.07, 6.45) is 0. The van der Waals surface area contributed by atoms with E-state index in [0.717, 1.165) is 10.2 Å². The number of aliphatic hydroxyl groups is 1. The van der Waals surface area contributed by atoms with Crippen molar-refractivity contribution in [2.24, 2.45) is 0 Å². The number of hydrogen-bond donors (Lipinski definition) is 2. The summed E-state index contributed by atoms with van der Waals surface area (Å²) in [7, 11) is 1.59. The number of methoxy groups -OCH3 is 1. The van der Waals surface area contributed by atoms with Gasteiger partial charge in [-0.1, -0.05) is 22.0 Å². The number of hydrogen-bond acceptors (Lipinski definition) is 3. The number of nitrogens with one attached hydrogen (secondary N) is 1. The molecule has 0 amide bonds. The Kier molecular flexibility index (Phi) is 4.98. The van der Waals surface area contributed by atoms with E-state index in [1.807, 2.05) is 24.3 Å². The van der Waals surface area contributed by atoms with E-state index in [9.17, 15) is 9.50 Å². The number of benzene rings is 2. The van der Waals surface area contributed by atoms with Gasteiger partial charge in [0.1, 0.15) is 11.6 Å². The van der Waals surface area contributed by atoms with E-state index in [2.05, 4.69) is 21.2 Å². The van der Waals surface area contributed by atoms with Crippen LogP contribution in [0.25, 0.3) is 0 Å². The summed E-state index contributed by atoms with van der Waals surface area (Å²) in [6.45, 7) is -0.154. The summed E-state index contributed by atoms with van der Waals surface area (Å²) >= 11 is 3.37. The molecule has 106 valence electrons. The van der Waals surface area contributed by atoms with Crippen LogP contribution in [0.2, 0.25) is 0 Å². The first-order chi connectivity index (χ1) is 9.63. The summed E-state index contributed by atoms with van der Waals surface area (Å²) in [4.78, 5) is 0. The third-order valence-electron chi connectivity index (χ3n) is 2.93. The van der Waals surface area contributed by atoms with Crippen molar-refractivity contribution in [3.8, 4) is 5.75 Å². The highest BCUT2D eigenvalue weighted by atomic mass is 79.9. The van der Waals surface area contributed by atoms with Crippen LogP contribution in [0.15, 0.2) is 46.9 Å². The van der Waals surface area contributed by atoms with Crippen molar-refractivity contribution in [3.63, 3.8) is 0 Å². The van der Waals surface area contributed by atoms with Crippen molar-refractivity contribution in [1.82, 2.24) is 0 Å². The smallest absolute Gasteiger partial charge is 0.123 e. The quantitative estimate of drug-likeness (QED) is 0.871. The lowest BCUT2D eigenvalue weighted by Crippen LogP contribution is -2.15. The van der Waals surface area contributed by atoms with Crippen molar-refractivity contribution in [2.75, 3.05) is 19.0 Å². The molecule has 0 aromatic heterocycles. The molecule has 2 N–H and O–H groups in total. The number of anilines is 1. The SMILES string of the molecule is COc1cccc(NC(CO)c2cc(F)ccc2Br)c1. The Morgan fingerprint density at radius 1 is 1.30 bits per heavy atom. The van der Waals surface area contributed by atoms with Gasteiger partial charge in [-0.2, -0.15) is 0 Å². The third-order valence-corrected chi connectivity index (χ3v) is 3.65. The molecule has 2 rings (SSSR count). The molecule has 0 aliphatic carbocycles. The Morgan fingerprint density at radius 3 is 2.80 bits per heavy atom. The number of rotatable bonds is 5. The summed E-state index contributed by atoms with van der Waals surface area (Å²) in [5.41, 5.74) is 1.45. The highest BCUT2D eigenvalue weighted by molar-refractivity contribution is 9.10. The molecule has 0 radical (unpaired) electrons. The zero-order chi connectivity index (χ0) is 14.5. The highest BCUT2D eigenvalue weighted by Crippen LogP contribution is 2.28. The van der Waals surface area contributed by atoms with E-state index in [-0.39, 0.29) is 12.4 Å². The molecular formula is C15H15BrFNO2. The first-order valence-electron chi connectivity index (χ1n) is 6.10. The second-order valence-electron chi connectivity index (χ2n) is 4.28. The van der Waals surface area contributed by atoms with E-state index in [0.29, 0.717) is 11.3 Å². The third kappa shape index (κ3) is 3.49. The van der Waals surface area contributed by atoms with Gasteiger partial charge in [-0.25, -0.2) is 4.39 Å². The molecule has 1 unspecified atom stereocenters. The van der Waals surface area contributed by atoms with Crippen molar-refractivity contribution >= 4 is 21.6 Å². The monoisotopic (exact) mass is 339 g/mol. The van der Waals surface area contributed by atoms with Gasteiger partial charge in [0.25, 0.3) is 0 Å². The topological polar surface area (TPSA) is 41.5 Å². The summed E-state index contributed by atoms with van der Waals surface area (Å²) in [6, 6.07) is 11.3. The maximum absolute atomic E-state index is 13.4. The van der Waals surface area contributed by atoms with Gasteiger partial charge < -0.3 is 15.2 Å². The molecule has 2 aromatic carbocycles. The van der Waals surface area contributed by atoms with Gasteiger partial charge in [0, 0.05) is 16.2 Å². The summed E-state index contributed by atoms with van der Waals surface area (Å²) < 4.78 is 19.2. The van der Waals surface area contributed by atoms with E-state index >= 15 is 0 Å². The molecule has 2 aromatic rings. The normalized spacial score (nSPS) is 12.0. The molecule has 0 bridgehead atoms. The lowest BCUT2D eigenvalue weighted by molar-refractivity contribution is 0.276. The average Bonchev–Trinajstić information content (AvgIpc) is 2.47. The van der Waals surface area contributed by atoms with Crippen LogP contribution in [0.4, 0.5) is 10.1 Å². The Balaban J connectivity index is 2.26. The Morgan fingerprint density at radius 2 is 2.10 bits per heavy atom. The first kappa shape index (κ1) is 14.8. The van der Waals surface area contributed by atoms with Crippen LogP contribution in [0.1, 0.15) is 11.6 Å². The largest absolute Gasteiger partial charge is 0.497 e. The molecule has 5 heteroatoms. The Bertz CT molecular complexity index is 592. The van der Waals surface area contributed by atoms with Crippen LogP contribution in [-0.2, 0) is 0 Å². The molecule has 20 heavy (non-hydrogen) atoms. The Labute approximate surface area is 125 Å². The lowest BCUT2D eigenvalue weighted by atomic mass is 10.1. The molecular weight excluding hydrogens is 325 g/mol. The fraction of sp³-hybridized carbons (Fsp3) is 0.200. The van der Waals surface area contributed by atoms with Crippen molar-refractivity contribution in [3.05, 3.63) is 58.3 Å². The van der Waals surface area contributed by atoms with Crippen LogP contribution in [0, 0.1) is 5.82 Å². The zero-order valence-electron chi connectivity index (χ0n) is 10.9. The number of ether oxygens (including phenoxy) is 1. The van der Waals surface area contributed by atoms with Crippen LogP contribution in [0.5, 0.6) is 5.75 Å². The molecule has 0 saturated carbocycles. The minimum atomic E-state index is -0.410. The molecule has 0 aliphatic rings. The summed E-state index contributed by atoms with van der Waals surface area (Å²) in [5, 5.41) is 12.7. The van der Waals surface area contributed by atoms with Crippen LogP contribution in [0.3, 0.4) is 0 Å². The van der Waals surface area contributed by atoms with Crippen LogP contribution < -0.4 is 10.1 Å². The van der Waals surface area contributed by atoms with E-state index < -0.39 is 6.04 Å². The maximum atomic E-state index is 13.4. The molecule has 0 saturated heterocycles. The van der Waals surface area contributed by atoms with Gasteiger partial charge in [-0.15, -0.1) is 0 Å². The van der Waals surface area contributed by atoms with Gasteiger partial charge in [0.05, 0.1) is 19.8 Å². The fourth-order valence-corrected chi connectivity index (χ4v) is 2.44. The molecule has 0 fully saturated rings. The molecule has 1 atom stereocenters. The minimum absolute atomic E-state index is 0.154. The number of aliphatic hydroxyl groups excluding tert-OH is 1. The van der Waals surface area contributed by atoms with E-state index in [1.54, 1.807) is 13.2 Å². The standard InChI is InChI=1S/C15H15BrFNO2/c1-20-12-4-2-3-11(8-12)18-15(9-19)13-7-10(17)5-6-14(13)16/h2-8,15,18-19H,9H2,1H3. The van der Waals surface area contributed by atoms with Crippen molar-refractivity contribution in [2.45, 2.75) is 6.04 Å². The number of halogens is 2. The molecule has 0 aliphatic heterocycles. The maximum Gasteiger partial charge on any atom is 0.123 e. The summed E-state index contributed by atoms with van der Waals surface area (Å²) in [5.74, 6) is 0.374. The average molecular weight is 340 g/mol. The molecule has 3 nitrogen and oxygen atoms in total. The van der Waals surface area contributed by atoms with Crippen molar-refractivity contribution < 1.29 is 14.2 Å². The van der Waals surface area contributed by atoms with Gasteiger partial charge in [-0.3, -0.25) is 0 Å². The zero-order valence-corrected chi connectivity index (χ0v) is 12.5. The van der Waals surface area contributed by atoms with Gasteiger partial charge >= 0.3 is 0 Å². The minimum Gasteiger partial charge on any atom is -0.497 e. The molecule has 0 spiro atoms. The van der Waals surface area contributed by atoms with E-state index in [4.69, 9.17) is 4.74 Å². The predicted octanol–water partition coefficient (Wildman–Crippen LogP) is 3.74.